The Morgan fingerprint density at radius 2 is 1.42 bits per heavy atom. The summed E-state index contributed by atoms with van der Waals surface area (Å²) in [7, 11) is 0. The van der Waals surface area contributed by atoms with Gasteiger partial charge in [0.05, 0.1) is 6.61 Å². The molecule has 0 saturated heterocycles. The van der Waals surface area contributed by atoms with Gasteiger partial charge in [-0.15, -0.1) is 0 Å². The third kappa shape index (κ3) is 4.09. The number of hydrogen-bond acceptors (Lipinski definition) is 5. The topological polar surface area (TPSA) is 85.6 Å². The van der Waals surface area contributed by atoms with Crippen molar-refractivity contribution < 1.29 is 23.5 Å². The lowest BCUT2D eigenvalue weighted by molar-refractivity contribution is 0.0494. The second-order valence-corrected chi connectivity index (χ2v) is 6.75. The molecule has 4 rings (SSSR count). The Morgan fingerprint density at radius 3 is 2.13 bits per heavy atom. The van der Waals surface area contributed by atoms with E-state index in [0.29, 0.717) is 27.7 Å². The molecule has 3 aromatic carbocycles. The van der Waals surface area contributed by atoms with E-state index in [4.69, 9.17) is 9.15 Å². The second-order valence-electron chi connectivity index (χ2n) is 6.75. The van der Waals surface area contributed by atoms with Crippen molar-refractivity contribution >= 4 is 34.3 Å². The molecule has 154 valence electrons. The van der Waals surface area contributed by atoms with Crippen LogP contribution in [0.5, 0.6) is 0 Å². The van der Waals surface area contributed by atoms with Crippen LogP contribution in [0.4, 0.5) is 5.69 Å². The standard InChI is InChI=1S/C25H19NO5/c1-2-30-25(29)23-21(19-10-6-7-11-20(19)31-23)26-24(28)18-14-12-17(13-15-18)22(27)16-8-4-3-5-9-16/h3-15H,2H2,1H3,(H,26,28). The summed E-state index contributed by atoms with van der Waals surface area (Å²) in [5, 5.41) is 3.34. The van der Waals surface area contributed by atoms with Gasteiger partial charge >= 0.3 is 5.97 Å². The summed E-state index contributed by atoms with van der Waals surface area (Å²) in [5.74, 6) is -1.28. The number of benzene rings is 3. The summed E-state index contributed by atoms with van der Waals surface area (Å²) in [6.45, 7) is 1.87. The molecular weight excluding hydrogens is 394 g/mol. The highest BCUT2D eigenvalue weighted by Crippen LogP contribution is 2.31. The second kappa shape index (κ2) is 8.67. The van der Waals surface area contributed by atoms with Crippen LogP contribution in [0.3, 0.4) is 0 Å². The molecule has 0 unspecified atom stereocenters. The van der Waals surface area contributed by atoms with Crippen LogP contribution in [0.25, 0.3) is 11.0 Å². The number of anilines is 1. The third-order valence-electron chi connectivity index (χ3n) is 4.74. The van der Waals surface area contributed by atoms with Crippen molar-refractivity contribution in [3.63, 3.8) is 0 Å². The van der Waals surface area contributed by atoms with Crippen molar-refractivity contribution in [3.05, 3.63) is 101 Å². The molecule has 1 heterocycles. The first-order valence-corrected chi connectivity index (χ1v) is 9.78. The van der Waals surface area contributed by atoms with E-state index >= 15 is 0 Å². The fourth-order valence-electron chi connectivity index (χ4n) is 3.22. The third-order valence-corrected chi connectivity index (χ3v) is 4.74. The van der Waals surface area contributed by atoms with Gasteiger partial charge < -0.3 is 14.5 Å². The van der Waals surface area contributed by atoms with Crippen LogP contribution >= 0.6 is 0 Å². The number of para-hydroxylation sites is 1. The lowest BCUT2D eigenvalue weighted by atomic mass is 10.0. The van der Waals surface area contributed by atoms with Crippen molar-refractivity contribution in [1.82, 2.24) is 0 Å². The van der Waals surface area contributed by atoms with Crippen LogP contribution < -0.4 is 5.32 Å². The summed E-state index contributed by atoms with van der Waals surface area (Å²) in [6.07, 6.45) is 0. The van der Waals surface area contributed by atoms with E-state index in [-0.39, 0.29) is 23.8 Å². The monoisotopic (exact) mass is 413 g/mol. The SMILES string of the molecule is CCOC(=O)c1oc2ccccc2c1NC(=O)c1ccc(C(=O)c2ccccc2)cc1. The minimum atomic E-state index is -0.655. The van der Waals surface area contributed by atoms with Gasteiger partial charge in [0.1, 0.15) is 11.3 Å². The smallest absolute Gasteiger partial charge is 0.376 e. The minimum Gasteiger partial charge on any atom is -0.460 e. The maximum absolute atomic E-state index is 12.8. The lowest BCUT2D eigenvalue weighted by Gasteiger charge is -2.07. The van der Waals surface area contributed by atoms with Gasteiger partial charge in [-0.2, -0.15) is 0 Å². The Bertz CT molecular complexity index is 1260. The Morgan fingerprint density at radius 1 is 0.806 bits per heavy atom. The first kappa shape index (κ1) is 20.1. The number of carbonyl (C=O) groups excluding carboxylic acids is 3. The largest absolute Gasteiger partial charge is 0.460 e. The Kier molecular flexibility index (Phi) is 5.62. The van der Waals surface area contributed by atoms with Gasteiger partial charge in [-0.25, -0.2) is 4.79 Å². The van der Waals surface area contributed by atoms with E-state index in [2.05, 4.69) is 5.32 Å². The average molecular weight is 413 g/mol. The lowest BCUT2D eigenvalue weighted by Crippen LogP contribution is -2.15. The number of esters is 1. The molecule has 0 aliphatic heterocycles. The number of rotatable bonds is 6. The van der Waals surface area contributed by atoms with Gasteiger partial charge in [-0.05, 0) is 31.2 Å². The summed E-state index contributed by atoms with van der Waals surface area (Å²) in [5.41, 5.74) is 2.10. The normalized spacial score (nSPS) is 10.6. The van der Waals surface area contributed by atoms with E-state index < -0.39 is 11.9 Å². The highest BCUT2D eigenvalue weighted by molar-refractivity contribution is 6.14. The van der Waals surface area contributed by atoms with E-state index in [1.54, 1.807) is 79.7 Å². The van der Waals surface area contributed by atoms with Gasteiger partial charge in [0.15, 0.2) is 5.78 Å². The van der Waals surface area contributed by atoms with E-state index in [1.165, 1.54) is 0 Å². The summed E-state index contributed by atoms with van der Waals surface area (Å²) in [6, 6.07) is 22.3. The molecule has 0 bridgehead atoms. The zero-order valence-electron chi connectivity index (χ0n) is 16.8. The van der Waals surface area contributed by atoms with Gasteiger partial charge in [0, 0.05) is 22.1 Å². The zero-order chi connectivity index (χ0) is 21.8. The number of carbonyl (C=O) groups is 3. The summed E-state index contributed by atoms with van der Waals surface area (Å²) >= 11 is 0. The van der Waals surface area contributed by atoms with Gasteiger partial charge in [0.25, 0.3) is 5.91 Å². The van der Waals surface area contributed by atoms with Crippen LogP contribution in [0.2, 0.25) is 0 Å². The van der Waals surface area contributed by atoms with Gasteiger partial charge in [0.2, 0.25) is 5.76 Å². The zero-order valence-corrected chi connectivity index (χ0v) is 16.8. The number of fused-ring (bicyclic) bond motifs is 1. The molecule has 0 radical (unpaired) electrons. The van der Waals surface area contributed by atoms with Crippen LogP contribution in [-0.4, -0.2) is 24.3 Å². The molecular formula is C25H19NO5. The molecule has 0 aliphatic carbocycles. The predicted molar refractivity (Wildman–Crippen MR) is 116 cm³/mol. The first-order valence-electron chi connectivity index (χ1n) is 9.78. The van der Waals surface area contributed by atoms with E-state index in [0.717, 1.165) is 0 Å². The number of amides is 1. The molecule has 6 nitrogen and oxygen atoms in total. The van der Waals surface area contributed by atoms with E-state index in [1.807, 2.05) is 6.07 Å². The molecule has 1 amide bonds. The van der Waals surface area contributed by atoms with Gasteiger partial charge in [-0.3, -0.25) is 9.59 Å². The first-order chi connectivity index (χ1) is 15.1. The van der Waals surface area contributed by atoms with E-state index in [9.17, 15) is 14.4 Å². The minimum absolute atomic E-state index is 0.0627. The average Bonchev–Trinajstić information content (AvgIpc) is 3.18. The van der Waals surface area contributed by atoms with Crippen molar-refractivity contribution in [3.8, 4) is 0 Å². The highest BCUT2D eigenvalue weighted by atomic mass is 16.5. The molecule has 0 aliphatic rings. The maximum Gasteiger partial charge on any atom is 0.376 e. The summed E-state index contributed by atoms with van der Waals surface area (Å²) < 4.78 is 10.7. The molecule has 6 heteroatoms. The molecule has 1 aromatic heterocycles. The maximum atomic E-state index is 12.8. The molecule has 4 aromatic rings. The Balaban J connectivity index is 1.60. The predicted octanol–water partition coefficient (Wildman–Crippen LogP) is 5.09. The van der Waals surface area contributed by atoms with Crippen LogP contribution in [0.1, 0.15) is 43.8 Å². The van der Waals surface area contributed by atoms with Crippen molar-refractivity contribution in [1.29, 1.82) is 0 Å². The molecule has 0 fully saturated rings. The van der Waals surface area contributed by atoms with Crippen LogP contribution in [-0.2, 0) is 4.74 Å². The van der Waals surface area contributed by atoms with Crippen molar-refractivity contribution in [2.45, 2.75) is 6.92 Å². The number of hydrogen-bond donors (Lipinski definition) is 1. The van der Waals surface area contributed by atoms with Crippen molar-refractivity contribution in [2.24, 2.45) is 0 Å². The highest BCUT2D eigenvalue weighted by Gasteiger charge is 2.23. The number of ketones is 1. The Hall–Kier alpha value is -4.19. The van der Waals surface area contributed by atoms with Gasteiger partial charge in [-0.1, -0.05) is 54.6 Å². The molecule has 0 saturated carbocycles. The van der Waals surface area contributed by atoms with Crippen LogP contribution in [0.15, 0.2) is 83.3 Å². The van der Waals surface area contributed by atoms with Crippen LogP contribution in [0, 0.1) is 0 Å². The molecule has 31 heavy (non-hydrogen) atoms. The molecule has 1 N–H and O–H groups in total. The summed E-state index contributed by atoms with van der Waals surface area (Å²) in [4.78, 5) is 37.7. The number of ether oxygens (including phenoxy) is 1. The molecule has 0 spiro atoms. The number of nitrogens with one attached hydrogen (secondary N) is 1. The fraction of sp³-hybridized carbons (Fsp3) is 0.0800. The van der Waals surface area contributed by atoms with Crippen molar-refractivity contribution in [2.75, 3.05) is 11.9 Å². The molecule has 0 atom stereocenters. The quantitative estimate of drug-likeness (QED) is 0.351. The fourth-order valence-corrected chi connectivity index (χ4v) is 3.22. The number of furan rings is 1. The Labute approximate surface area is 178 Å².